The fourth-order valence-corrected chi connectivity index (χ4v) is 1.85. The highest BCUT2D eigenvalue weighted by Gasteiger charge is 2.03. The highest BCUT2D eigenvalue weighted by atomic mass is 79.9. The number of halogens is 2. The third kappa shape index (κ3) is 1.72. The van der Waals surface area contributed by atoms with Crippen LogP contribution in [0.1, 0.15) is 5.69 Å². The highest BCUT2D eigenvalue weighted by Crippen LogP contribution is 2.23. The standard InChI is InChI=1S/C11H9BrClN/c1-7(6-12)11-5-8-4-9(13)2-3-10(8)14-11/h2-5,14H,1,6H2. The maximum absolute atomic E-state index is 5.90. The molecule has 3 heteroatoms. The molecule has 1 aromatic heterocycles. The Labute approximate surface area is 95.9 Å². The predicted octanol–water partition coefficient (Wildman–Crippen LogP) is 4.23. The summed E-state index contributed by atoms with van der Waals surface area (Å²) in [5, 5.41) is 2.65. The number of hydrogen-bond acceptors (Lipinski definition) is 0. The average Bonchev–Trinajstić information content (AvgIpc) is 2.59. The molecule has 14 heavy (non-hydrogen) atoms. The fourth-order valence-electron chi connectivity index (χ4n) is 1.37. The number of hydrogen-bond donors (Lipinski definition) is 1. The zero-order chi connectivity index (χ0) is 10.1. The number of aromatic nitrogens is 1. The molecule has 0 spiro atoms. The fraction of sp³-hybridized carbons (Fsp3) is 0.0909. The lowest BCUT2D eigenvalue weighted by molar-refractivity contribution is 1.40. The van der Waals surface area contributed by atoms with Gasteiger partial charge in [0.05, 0.1) is 0 Å². The molecular formula is C11H9BrClN. The number of nitrogens with one attached hydrogen (secondary N) is 1. The van der Waals surface area contributed by atoms with Crippen LogP contribution in [0.3, 0.4) is 0 Å². The second-order valence-corrected chi connectivity index (χ2v) is 4.15. The molecular weight excluding hydrogens is 261 g/mol. The Balaban J connectivity index is 2.56. The molecule has 0 bridgehead atoms. The summed E-state index contributed by atoms with van der Waals surface area (Å²) in [6.45, 7) is 3.95. The molecule has 1 aromatic carbocycles. The van der Waals surface area contributed by atoms with Gasteiger partial charge in [0.15, 0.2) is 0 Å². The van der Waals surface area contributed by atoms with E-state index in [-0.39, 0.29) is 0 Å². The lowest BCUT2D eigenvalue weighted by Crippen LogP contribution is -1.81. The summed E-state index contributed by atoms with van der Waals surface area (Å²) in [4.78, 5) is 3.29. The number of alkyl halides is 1. The van der Waals surface area contributed by atoms with E-state index in [1.165, 1.54) is 0 Å². The molecule has 1 nitrogen and oxygen atoms in total. The summed E-state index contributed by atoms with van der Waals surface area (Å²) in [5.41, 5.74) is 3.18. The molecule has 1 heterocycles. The quantitative estimate of drug-likeness (QED) is 0.786. The summed E-state index contributed by atoms with van der Waals surface area (Å²) in [6.07, 6.45) is 0. The highest BCUT2D eigenvalue weighted by molar-refractivity contribution is 9.09. The Hall–Kier alpha value is -0.730. The first-order chi connectivity index (χ1) is 6.70. The van der Waals surface area contributed by atoms with E-state index in [9.17, 15) is 0 Å². The maximum Gasteiger partial charge on any atom is 0.0459 e. The van der Waals surface area contributed by atoms with E-state index in [0.717, 1.165) is 32.5 Å². The molecule has 0 unspecified atom stereocenters. The maximum atomic E-state index is 5.90. The van der Waals surface area contributed by atoms with Crippen molar-refractivity contribution < 1.29 is 0 Å². The largest absolute Gasteiger partial charge is 0.355 e. The molecule has 72 valence electrons. The van der Waals surface area contributed by atoms with Gasteiger partial charge in [0.2, 0.25) is 0 Å². The van der Waals surface area contributed by atoms with Crippen molar-refractivity contribution in [2.75, 3.05) is 5.33 Å². The van der Waals surface area contributed by atoms with E-state index in [0.29, 0.717) is 0 Å². The molecule has 0 radical (unpaired) electrons. The van der Waals surface area contributed by atoms with Crippen LogP contribution < -0.4 is 0 Å². The van der Waals surface area contributed by atoms with Gasteiger partial charge >= 0.3 is 0 Å². The average molecular weight is 271 g/mol. The number of H-pyrrole nitrogens is 1. The van der Waals surface area contributed by atoms with Crippen LogP contribution in [0.25, 0.3) is 16.5 Å². The number of aromatic amines is 1. The van der Waals surface area contributed by atoms with Gasteiger partial charge in [-0.3, -0.25) is 0 Å². The normalized spacial score (nSPS) is 10.7. The van der Waals surface area contributed by atoms with Gasteiger partial charge in [-0.15, -0.1) is 0 Å². The van der Waals surface area contributed by atoms with Crippen molar-refractivity contribution in [2.45, 2.75) is 0 Å². The topological polar surface area (TPSA) is 15.8 Å². The van der Waals surface area contributed by atoms with Gasteiger partial charge in [0.1, 0.15) is 0 Å². The molecule has 0 aliphatic heterocycles. The summed E-state index contributed by atoms with van der Waals surface area (Å²) in [6, 6.07) is 7.85. The first-order valence-corrected chi connectivity index (χ1v) is 5.73. The Morgan fingerprint density at radius 2 is 2.21 bits per heavy atom. The lowest BCUT2D eigenvalue weighted by atomic mass is 10.2. The van der Waals surface area contributed by atoms with Crippen molar-refractivity contribution in [3.05, 3.63) is 41.6 Å². The molecule has 0 aliphatic carbocycles. The van der Waals surface area contributed by atoms with Crippen molar-refractivity contribution in [1.82, 2.24) is 4.98 Å². The van der Waals surface area contributed by atoms with Crippen molar-refractivity contribution >= 4 is 44.0 Å². The van der Waals surface area contributed by atoms with Crippen LogP contribution in [0, 0.1) is 0 Å². The second-order valence-electron chi connectivity index (χ2n) is 3.15. The monoisotopic (exact) mass is 269 g/mol. The molecule has 0 fully saturated rings. The minimum absolute atomic E-state index is 0.757. The van der Waals surface area contributed by atoms with E-state index in [2.05, 4.69) is 33.6 Å². The summed E-state index contributed by atoms with van der Waals surface area (Å²) < 4.78 is 0. The van der Waals surface area contributed by atoms with Gasteiger partial charge in [0, 0.05) is 26.9 Å². The van der Waals surface area contributed by atoms with E-state index >= 15 is 0 Å². The van der Waals surface area contributed by atoms with Crippen LogP contribution in [0.5, 0.6) is 0 Å². The van der Waals surface area contributed by atoms with E-state index in [4.69, 9.17) is 11.6 Å². The van der Waals surface area contributed by atoms with Crippen molar-refractivity contribution in [3.8, 4) is 0 Å². The first kappa shape index (κ1) is 9.81. The number of rotatable bonds is 2. The zero-order valence-electron chi connectivity index (χ0n) is 7.48. The SMILES string of the molecule is C=C(CBr)c1cc2cc(Cl)ccc2[nH]1. The smallest absolute Gasteiger partial charge is 0.0459 e. The Bertz CT molecular complexity index is 487. The van der Waals surface area contributed by atoms with Crippen LogP contribution in [0.15, 0.2) is 30.8 Å². The van der Waals surface area contributed by atoms with Crippen molar-refractivity contribution in [1.29, 1.82) is 0 Å². The third-order valence-electron chi connectivity index (χ3n) is 2.12. The minimum Gasteiger partial charge on any atom is -0.355 e. The van der Waals surface area contributed by atoms with E-state index < -0.39 is 0 Å². The number of allylic oxidation sites excluding steroid dienone is 1. The predicted molar refractivity (Wildman–Crippen MR) is 66.1 cm³/mol. The second kappa shape index (κ2) is 3.79. The summed E-state index contributed by atoms with van der Waals surface area (Å²) in [7, 11) is 0. The van der Waals surface area contributed by atoms with Crippen LogP contribution in [0.2, 0.25) is 5.02 Å². The first-order valence-electron chi connectivity index (χ1n) is 4.23. The van der Waals surface area contributed by atoms with Crippen molar-refractivity contribution in [2.24, 2.45) is 0 Å². The van der Waals surface area contributed by atoms with Crippen LogP contribution in [-0.4, -0.2) is 10.3 Å². The van der Waals surface area contributed by atoms with Crippen LogP contribution in [0.4, 0.5) is 0 Å². The third-order valence-corrected chi connectivity index (χ3v) is 3.04. The Morgan fingerprint density at radius 1 is 1.43 bits per heavy atom. The zero-order valence-corrected chi connectivity index (χ0v) is 9.82. The molecule has 0 aliphatic rings. The van der Waals surface area contributed by atoms with Crippen molar-refractivity contribution in [3.63, 3.8) is 0 Å². The lowest BCUT2D eigenvalue weighted by Gasteiger charge is -1.94. The molecule has 2 rings (SSSR count). The van der Waals surface area contributed by atoms with Gasteiger partial charge in [0.25, 0.3) is 0 Å². The van der Waals surface area contributed by atoms with E-state index in [1.54, 1.807) is 0 Å². The van der Waals surface area contributed by atoms with Gasteiger partial charge in [-0.2, -0.15) is 0 Å². The van der Waals surface area contributed by atoms with Gasteiger partial charge in [-0.1, -0.05) is 34.1 Å². The summed E-state index contributed by atoms with van der Waals surface area (Å²) in [5.74, 6) is 0. The summed E-state index contributed by atoms with van der Waals surface area (Å²) >= 11 is 9.27. The van der Waals surface area contributed by atoms with E-state index in [1.807, 2.05) is 18.2 Å². The van der Waals surface area contributed by atoms with Gasteiger partial charge < -0.3 is 4.98 Å². The number of benzene rings is 1. The Kier molecular flexibility index (Phi) is 2.66. The van der Waals surface area contributed by atoms with Gasteiger partial charge in [-0.05, 0) is 29.8 Å². The molecule has 0 saturated carbocycles. The number of fused-ring (bicyclic) bond motifs is 1. The Morgan fingerprint density at radius 3 is 2.93 bits per heavy atom. The molecule has 0 amide bonds. The molecule has 0 atom stereocenters. The minimum atomic E-state index is 0.757. The molecule has 0 saturated heterocycles. The van der Waals surface area contributed by atoms with Crippen LogP contribution >= 0.6 is 27.5 Å². The van der Waals surface area contributed by atoms with Crippen LogP contribution in [-0.2, 0) is 0 Å². The molecule has 2 aromatic rings. The molecule has 1 N–H and O–H groups in total. The van der Waals surface area contributed by atoms with Gasteiger partial charge in [-0.25, -0.2) is 0 Å².